The molecule has 2 rings (SSSR count). The third kappa shape index (κ3) is 5.27. The van der Waals surface area contributed by atoms with Crippen molar-refractivity contribution in [2.24, 2.45) is 22.4 Å². The number of anilines is 2. The molecule has 0 aliphatic rings. The topological polar surface area (TPSA) is 110 Å². The average Bonchev–Trinajstić information content (AvgIpc) is 2.95. The molecule has 0 atom stereocenters. The van der Waals surface area contributed by atoms with E-state index in [1.165, 1.54) is 0 Å². The molecule has 1 aromatic heterocycles. The van der Waals surface area contributed by atoms with E-state index in [1.807, 2.05) is 35.9 Å². The first-order valence-corrected chi connectivity index (χ1v) is 8.28. The Balaban J connectivity index is 2.22. The minimum absolute atomic E-state index is 0.0318. The van der Waals surface area contributed by atoms with E-state index in [2.05, 4.69) is 29.5 Å². The molecular weight excluding hydrogens is 316 g/mol. The maximum atomic E-state index is 12.7. The van der Waals surface area contributed by atoms with Gasteiger partial charge in [-0.25, -0.2) is 4.99 Å². The SMILES string of the molecule is CNc1ccc(NC(=O)c2cc(N=C(N)N)cn2CCC(C)C)cc1. The molecule has 7 heteroatoms. The Hall–Kier alpha value is -2.96. The lowest BCUT2D eigenvalue weighted by Gasteiger charge is -2.11. The van der Waals surface area contributed by atoms with Crippen LogP contribution in [0.5, 0.6) is 0 Å². The quantitative estimate of drug-likeness (QED) is 0.458. The predicted molar refractivity (Wildman–Crippen MR) is 103 cm³/mol. The lowest BCUT2D eigenvalue weighted by molar-refractivity contribution is 0.101. The highest BCUT2D eigenvalue weighted by atomic mass is 16.1. The van der Waals surface area contributed by atoms with Crippen LogP contribution in [0.15, 0.2) is 41.5 Å². The van der Waals surface area contributed by atoms with Gasteiger partial charge in [0.15, 0.2) is 5.96 Å². The van der Waals surface area contributed by atoms with Crippen LogP contribution in [0.25, 0.3) is 0 Å². The van der Waals surface area contributed by atoms with Gasteiger partial charge in [-0.15, -0.1) is 0 Å². The molecule has 0 radical (unpaired) electrons. The Labute approximate surface area is 148 Å². The highest BCUT2D eigenvalue weighted by Crippen LogP contribution is 2.20. The van der Waals surface area contributed by atoms with Gasteiger partial charge in [-0.05, 0) is 42.7 Å². The van der Waals surface area contributed by atoms with E-state index >= 15 is 0 Å². The van der Waals surface area contributed by atoms with Gasteiger partial charge in [-0.2, -0.15) is 0 Å². The van der Waals surface area contributed by atoms with Crippen LogP contribution in [-0.4, -0.2) is 23.5 Å². The maximum Gasteiger partial charge on any atom is 0.272 e. The van der Waals surface area contributed by atoms with Crippen LogP contribution >= 0.6 is 0 Å². The number of guanidine groups is 1. The van der Waals surface area contributed by atoms with Gasteiger partial charge >= 0.3 is 0 Å². The number of nitrogens with one attached hydrogen (secondary N) is 2. The number of hydrogen-bond donors (Lipinski definition) is 4. The fourth-order valence-corrected chi connectivity index (χ4v) is 2.39. The number of aliphatic imine (C=N–C) groups is 1. The van der Waals surface area contributed by atoms with Gasteiger partial charge < -0.3 is 26.7 Å². The van der Waals surface area contributed by atoms with E-state index in [-0.39, 0.29) is 11.9 Å². The molecule has 0 saturated carbocycles. The number of nitrogens with two attached hydrogens (primary N) is 2. The van der Waals surface area contributed by atoms with Gasteiger partial charge in [0.2, 0.25) is 0 Å². The number of aromatic nitrogens is 1. The van der Waals surface area contributed by atoms with Crippen LogP contribution in [0.2, 0.25) is 0 Å². The summed E-state index contributed by atoms with van der Waals surface area (Å²) in [5.41, 5.74) is 13.7. The van der Waals surface area contributed by atoms with Crippen molar-refractivity contribution in [3.05, 3.63) is 42.2 Å². The summed E-state index contributed by atoms with van der Waals surface area (Å²) in [7, 11) is 1.85. The summed E-state index contributed by atoms with van der Waals surface area (Å²) in [6.07, 6.45) is 2.74. The molecule has 0 unspecified atom stereocenters. The van der Waals surface area contributed by atoms with Gasteiger partial charge in [0.25, 0.3) is 5.91 Å². The minimum atomic E-state index is -0.196. The highest BCUT2D eigenvalue weighted by molar-refractivity contribution is 6.04. The van der Waals surface area contributed by atoms with E-state index in [9.17, 15) is 4.79 Å². The summed E-state index contributed by atoms with van der Waals surface area (Å²) in [5.74, 6) is 0.299. The van der Waals surface area contributed by atoms with Crippen LogP contribution in [0.4, 0.5) is 17.1 Å². The smallest absolute Gasteiger partial charge is 0.272 e. The predicted octanol–water partition coefficient (Wildman–Crippen LogP) is 2.73. The average molecular weight is 342 g/mol. The second-order valence-corrected chi connectivity index (χ2v) is 6.28. The van der Waals surface area contributed by atoms with Crippen LogP contribution in [0.3, 0.4) is 0 Å². The zero-order chi connectivity index (χ0) is 18.4. The summed E-state index contributed by atoms with van der Waals surface area (Å²) >= 11 is 0. The molecule has 0 aliphatic heterocycles. The maximum absolute atomic E-state index is 12.7. The molecule has 0 aliphatic carbocycles. The monoisotopic (exact) mass is 342 g/mol. The fourth-order valence-electron chi connectivity index (χ4n) is 2.39. The molecule has 1 heterocycles. The Morgan fingerprint density at radius 1 is 1.20 bits per heavy atom. The second-order valence-electron chi connectivity index (χ2n) is 6.28. The van der Waals surface area contributed by atoms with Crippen molar-refractivity contribution in [2.75, 3.05) is 17.7 Å². The molecule has 1 aromatic carbocycles. The van der Waals surface area contributed by atoms with Gasteiger partial charge in [-0.3, -0.25) is 4.79 Å². The summed E-state index contributed by atoms with van der Waals surface area (Å²) in [6.45, 7) is 5.01. The number of carbonyl (C=O) groups excluding carboxylic acids is 1. The van der Waals surface area contributed by atoms with Crippen molar-refractivity contribution >= 4 is 28.9 Å². The van der Waals surface area contributed by atoms with E-state index in [4.69, 9.17) is 11.5 Å². The number of rotatable bonds is 7. The lowest BCUT2D eigenvalue weighted by Crippen LogP contribution is -2.21. The zero-order valence-corrected chi connectivity index (χ0v) is 14.9. The molecule has 134 valence electrons. The molecule has 7 nitrogen and oxygen atoms in total. The first-order valence-electron chi connectivity index (χ1n) is 8.28. The largest absolute Gasteiger partial charge is 0.388 e. The third-order valence-electron chi connectivity index (χ3n) is 3.75. The molecule has 0 fully saturated rings. The van der Waals surface area contributed by atoms with Crippen LogP contribution in [-0.2, 0) is 6.54 Å². The Morgan fingerprint density at radius 2 is 1.84 bits per heavy atom. The highest BCUT2D eigenvalue weighted by Gasteiger charge is 2.14. The normalized spacial score (nSPS) is 10.6. The standard InChI is InChI=1S/C18H26N6O/c1-12(2)8-9-24-11-15(23-18(19)20)10-16(24)17(25)22-14-6-4-13(21-3)5-7-14/h4-7,10-12,21H,8-9H2,1-3H3,(H,22,25)(H4,19,20,23). The van der Waals surface area contributed by atoms with Gasteiger partial charge in [-0.1, -0.05) is 13.8 Å². The van der Waals surface area contributed by atoms with Gasteiger partial charge in [0, 0.05) is 31.2 Å². The van der Waals surface area contributed by atoms with Gasteiger partial charge in [0.1, 0.15) is 5.69 Å². The van der Waals surface area contributed by atoms with E-state index in [0.717, 1.165) is 24.3 Å². The molecule has 0 spiro atoms. The van der Waals surface area contributed by atoms with Crippen molar-refractivity contribution in [3.8, 4) is 0 Å². The molecule has 1 amide bonds. The summed E-state index contributed by atoms with van der Waals surface area (Å²) < 4.78 is 1.89. The van der Waals surface area contributed by atoms with Crippen molar-refractivity contribution in [2.45, 2.75) is 26.8 Å². The minimum Gasteiger partial charge on any atom is -0.388 e. The second kappa shape index (κ2) is 8.23. The molecule has 0 bridgehead atoms. The number of benzene rings is 1. The molecule has 2 aromatic rings. The number of nitrogens with zero attached hydrogens (tertiary/aromatic N) is 2. The van der Waals surface area contributed by atoms with Crippen molar-refractivity contribution in [1.29, 1.82) is 0 Å². The fraction of sp³-hybridized carbons (Fsp3) is 0.333. The van der Waals surface area contributed by atoms with Crippen LogP contribution in [0.1, 0.15) is 30.8 Å². The van der Waals surface area contributed by atoms with Crippen molar-refractivity contribution in [3.63, 3.8) is 0 Å². The number of amides is 1. The summed E-state index contributed by atoms with van der Waals surface area (Å²) in [5, 5.41) is 5.95. The first-order chi connectivity index (χ1) is 11.9. The van der Waals surface area contributed by atoms with Crippen molar-refractivity contribution in [1.82, 2.24) is 4.57 Å². The Morgan fingerprint density at radius 3 is 2.40 bits per heavy atom. The molecule has 25 heavy (non-hydrogen) atoms. The number of carbonyl (C=O) groups is 1. The molecule has 6 N–H and O–H groups in total. The van der Waals surface area contributed by atoms with Gasteiger partial charge in [0.05, 0.1) is 5.69 Å². The molecular formula is C18H26N6O. The van der Waals surface area contributed by atoms with E-state index in [0.29, 0.717) is 17.3 Å². The summed E-state index contributed by atoms with van der Waals surface area (Å²) in [6, 6.07) is 9.19. The Bertz CT molecular complexity index is 741. The van der Waals surface area contributed by atoms with E-state index in [1.54, 1.807) is 12.3 Å². The zero-order valence-electron chi connectivity index (χ0n) is 14.9. The number of hydrogen-bond acceptors (Lipinski definition) is 3. The first kappa shape index (κ1) is 18.4. The summed E-state index contributed by atoms with van der Waals surface area (Å²) in [4.78, 5) is 16.7. The van der Waals surface area contributed by atoms with Crippen LogP contribution in [0, 0.1) is 5.92 Å². The van der Waals surface area contributed by atoms with E-state index < -0.39 is 0 Å². The number of aryl methyl sites for hydroxylation is 1. The molecule has 0 saturated heterocycles. The van der Waals surface area contributed by atoms with Crippen molar-refractivity contribution < 1.29 is 4.79 Å². The third-order valence-corrected chi connectivity index (χ3v) is 3.75. The van der Waals surface area contributed by atoms with Crippen LogP contribution < -0.4 is 22.1 Å². The Kier molecular flexibility index (Phi) is 6.05. The lowest BCUT2D eigenvalue weighted by atomic mass is 10.1.